The van der Waals surface area contributed by atoms with Crippen LogP contribution in [0.1, 0.15) is 10.4 Å². The van der Waals surface area contributed by atoms with E-state index in [4.69, 9.17) is 4.74 Å². The van der Waals surface area contributed by atoms with Gasteiger partial charge in [-0.3, -0.25) is 4.98 Å². The third-order valence-electron chi connectivity index (χ3n) is 2.80. The van der Waals surface area contributed by atoms with Gasteiger partial charge >= 0.3 is 5.97 Å². The minimum absolute atomic E-state index is 0.391. The van der Waals surface area contributed by atoms with E-state index in [0.29, 0.717) is 11.1 Å². The Hall–Kier alpha value is -2.34. The molecule has 0 bridgehead atoms. The summed E-state index contributed by atoms with van der Waals surface area (Å²) in [4.78, 5) is 15.9. The van der Waals surface area contributed by atoms with Gasteiger partial charge in [-0.15, -0.1) is 0 Å². The Kier molecular flexibility index (Phi) is 2.92. The molecule has 0 aliphatic carbocycles. The van der Waals surface area contributed by atoms with Gasteiger partial charge in [0.25, 0.3) is 0 Å². The zero-order valence-electron chi connectivity index (χ0n) is 10.0. The topological polar surface area (TPSA) is 65.0 Å². The first-order valence-corrected chi connectivity index (χ1v) is 6.28. The van der Waals surface area contributed by atoms with E-state index >= 15 is 0 Å². The van der Waals surface area contributed by atoms with Crippen molar-refractivity contribution in [1.82, 2.24) is 13.7 Å². The van der Waals surface area contributed by atoms with E-state index in [2.05, 4.69) is 13.7 Å². The van der Waals surface area contributed by atoms with Gasteiger partial charge in [0.2, 0.25) is 0 Å². The Bertz CT molecular complexity index is 754. The maximum atomic E-state index is 11.8. The average Bonchev–Trinajstić information content (AvgIpc) is 2.94. The fourth-order valence-electron chi connectivity index (χ4n) is 1.92. The number of methoxy groups -OCH3 is 1. The lowest BCUT2D eigenvalue weighted by atomic mass is 10.0. The second-order valence-corrected chi connectivity index (χ2v) is 4.38. The maximum absolute atomic E-state index is 11.8. The van der Waals surface area contributed by atoms with Gasteiger partial charge in [-0.05, 0) is 12.1 Å². The molecule has 1 aromatic carbocycles. The summed E-state index contributed by atoms with van der Waals surface area (Å²) in [6, 6.07) is 7.30. The summed E-state index contributed by atoms with van der Waals surface area (Å²) < 4.78 is 13.3. The molecule has 19 heavy (non-hydrogen) atoms. The molecule has 0 aliphatic rings. The van der Waals surface area contributed by atoms with Crippen LogP contribution in [0.15, 0.2) is 36.7 Å². The molecule has 3 rings (SSSR count). The molecule has 0 aliphatic heterocycles. The number of pyridine rings is 1. The minimum Gasteiger partial charge on any atom is -0.465 e. The van der Waals surface area contributed by atoms with Crippen LogP contribution in [0.25, 0.3) is 22.2 Å². The second kappa shape index (κ2) is 4.74. The van der Waals surface area contributed by atoms with Gasteiger partial charge in [-0.1, -0.05) is 12.1 Å². The fourth-order valence-corrected chi connectivity index (χ4v) is 2.47. The number of esters is 1. The lowest BCUT2D eigenvalue weighted by Gasteiger charge is -2.07. The van der Waals surface area contributed by atoms with Crippen LogP contribution in [-0.4, -0.2) is 26.8 Å². The molecule has 2 heterocycles. The van der Waals surface area contributed by atoms with Crippen LogP contribution >= 0.6 is 11.7 Å². The van der Waals surface area contributed by atoms with Crippen molar-refractivity contribution in [3.05, 3.63) is 42.2 Å². The number of ether oxygens (including phenoxy) is 1. The van der Waals surface area contributed by atoms with Crippen molar-refractivity contribution in [3.8, 4) is 11.1 Å². The molecule has 94 valence electrons. The van der Waals surface area contributed by atoms with Crippen molar-refractivity contribution in [1.29, 1.82) is 0 Å². The summed E-state index contributed by atoms with van der Waals surface area (Å²) in [6.45, 7) is 0. The first-order chi connectivity index (χ1) is 9.31. The highest BCUT2D eigenvalue weighted by molar-refractivity contribution is 7.00. The number of benzene rings is 1. The predicted molar refractivity (Wildman–Crippen MR) is 72.0 cm³/mol. The molecule has 0 N–H and O–H groups in total. The number of rotatable bonds is 2. The zero-order valence-corrected chi connectivity index (χ0v) is 10.8. The molecule has 5 nitrogen and oxygen atoms in total. The third-order valence-corrected chi connectivity index (χ3v) is 3.35. The zero-order chi connectivity index (χ0) is 13.2. The molecule has 0 unspecified atom stereocenters. The number of carbonyl (C=O) groups is 1. The standard InChI is InChI=1S/C13H9N3O2S/c1-18-13(17)9-5-6-14-7-10(9)8-3-2-4-11-12(8)16-19-15-11/h2-7H,1H3. The van der Waals surface area contributed by atoms with E-state index in [1.54, 1.807) is 18.5 Å². The molecule has 0 saturated carbocycles. The van der Waals surface area contributed by atoms with Gasteiger partial charge in [0, 0.05) is 23.5 Å². The summed E-state index contributed by atoms with van der Waals surface area (Å²) in [5, 5.41) is 0. The van der Waals surface area contributed by atoms with E-state index in [-0.39, 0.29) is 0 Å². The smallest absolute Gasteiger partial charge is 0.338 e. The Balaban J connectivity index is 2.27. The lowest BCUT2D eigenvalue weighted by Crippen LogP contribution is -2.04. The van der Waals surface area contributed by atoms with E-state index < -0.39 is 5.97 Å². The van der Waals surface area contributed by atoms with Gasteiger partial charge in [0.1, 0.15) is 11.0 Å². The van der Waals surface area contributed by atoms with Crippen molar-refractivity contribution in [2.75, 3.05) is 7.11 Å². The molecule has 0 atom stereocenters. The number of hydrogen-bond donors (Lipinski definition) is 0. The number of carbonyl (C=O) groups excluding carboxylic acids is 1. The number of fused-ring (bicyclic) bond motifs is 1. The summed E-state index contributed by atoms with van der Waals surface area (Å²) in [5.41, 5.74) is 3.58. The average molecular weight is 271 g/mol. The first-order valence-electron chi connectivity index (χ1n) is 5.55. The van der Waals surface area contributed by atoms with Crippen molar-refractivity contribution >= 4 is 28.7 Å². The van der Waals surface area contributed by atoms with Gasteiger partial charge in [0.15, 0.2) is 0 Å². The van der Waals surface area contributed by atoms with Crippen LogP contribution in [-0.2, 0) is 4.74 Å². The molecular weight excluding hydrogens is 262 g/mol. The third kappa shape index (κ3) is 1.96. The molecular formula is C13H9N3O2S. The second-order valence-electron chi connectivity index (χ2n) is 3.85. The van der Waals surface area contributed by atoms with Crippen LogP contribution in [0.5, 0.6) is 0 Å². The SMILES string of the molecule is COC(=O)c1ccncc1-c1cccc2nsnc12. The molecule has 3 aromatic rings. The largest absolute Gasteiger partial charge is 0.465 e. The number of aromatic nitrogens is 3. The predicted octanol–water partition coefficient (Wildman–Crippen LogP) is 2.54. The van der Waals surface area contributed by atoms with E-state index in [9.17, 15) is 4.79 Å². The van der Waals surface area contributed by atoms with Gasteiger partial charge in [0.05, 0.1) is 24.4 Å². The monoisotopic (exact) mass is 271 g/mol. The molecule has 2 aromatic heterocycles. The quantitative estimate of drug-likeness (QED) is 0.670. The highest BCUT2D eigenvalue weighted by Gasteiger charge is 2.16. The van der Waals surface area contributed by atoms with Gasteiger partial charge in [-0.25, -0.2) is 4.79 Å². The number of hydrogen-bond acceptors (Lipinski definition) is 6. The van der Waals surface area contributed by atoms with Crippen LogP contribution in [0, 0.1) is 0 Å². The Morgan fingerprint density at radius 1 is 1.21 bits per heavy atom. The molecule has 0 amide bonds. The summed E-state index contributed by atoms with van der Waals surface area (Å²) in [7, 11) is 1.36. The van der Waals surface area contributed by atoms with Crippen LogP contribution in [0.3, 0.4) is 0 Å². The fraction of sp³-hybridized carbons (Fsp3) is 0.0769. The molecule has 0 spiro atoms. The highest BCUT2D eigenvalue weighted by Crippen LogP contribution is 2.29. The molecule has 0 radical (unpaired) electrons. The Labute approximate surface area is 113 Å². The number of nitrogens with zero attached hydrogens (tertiary/aromatic N) is 3. The van der Waals surface area contributed by atoms with E-state index in [0.717, 1.165) is 28.3 Å². The maximum Gasteiger partial charge on any atom is 0.338 e. The first kappa shape index (κ1) is 11.7. The summed E-state index contributed by atoms with van der Waals surface area (Å²) in [5.74, 6) is -0.391. The molecule has 0 fully saturated rings. The van der Waals surface area contributed by atoms with Crippen molar-refractivity contribution in [2.24, 2.45) is 0 Å². The van der Waals surface area contributed by atoms with Crippen molar-refractivity contribution < 1.29 is 9.53 Å². The normalized spacial score (nSPS) is 10.6. The minimum atomic E-state index is -0.391. The lowest BCUT2D eigenvalue weighted by molar-refractivity contribution is 0.0601. The van der Waals surface area contributed by atoms with Crippen LogP contribution in [0.2, 0.25) is 0 Å². The van der Waals surface area contributed by atoms with Crippen LogP contribution < -0.4 is 0 Å². The van der Waals surface area contributed by atoms with Gasteiger partial charge < -0.3 is 4.74 Å². The molecule has 0 saturated heterocycles. The van der Waals surface area contributed by atoms with Crippen LogP contribution in [0.4, 0.5) is 0 Å². The van der Waals surface area contributed by atoms with E-state index in [1.807, 2.05) is 18.2 Å². The summed E-state index contributed by atoms with van der Waals surface area (Å²) >= 11 is 1.15. The Morgan fingerprint density at radius 2 is 2.11 bits per heavy atom. The van der Waals surface area contributed by atoms with Gasteiger partial charge in [-0.2, -0.15) is 8.75 Å². The molecule has 6 heteroatoms. The highest BCUT2D eigenvalue weighted by atomic mass is 32.1. The van der Waals surface area contributed by atoms with Crippen molar-refractivity contribution in [3.63, 3.8) is 0 Å². The Morgan fingerprint density at radius 3 is 2.95 bits per heavy atom. The van der Waals surface area contributed by atoms with Crippen molar-refractivity contribution in [2.45, 2.75) is 0 Å². The summed E-state index contributed by atoms with van der Waals surface area (Å²) in [6.07, 6.45) is 3.20. The van der Waals surface area contributed by atoms with E-state index in [1.165, 1.54) is 7.11 Å².